The number of hydrogen-bond donors (Lipinski definition) is 0. The Bertz CT molecular complexity index is 597. The molecule has 0 spiro atoms. The quantitative estimate of drug-likeness (QED) is 0.479. The molecule has 0 bridgehead atoms. The van der Waals surface area contributed by atoms with E-state index in [1.165, 1.54) is 6.07 Å². The third-order valence-electron chi connectivity index (χ3n) is 4.06. The van der Waals surface area contributed by atoms with Gasteiger partial charge < -0.3 is 9.64 Å². The lowest BCUT2D eigenvalue weighted by atomic mass is 9.90. The molecule has 0 aromatic heterocycles. The zero-order chi connectivity index (χ0) is 20.0. The molecule has 6 nitrogen and oxygen atoms in total. The molecule has 0 fully saturated rings. The summed E-state index contributed by atoms with van der Waals surface area (Å²) in [6.07, 6.45) is 1.30. The minimum absolute atomic E-state index is 0.0313. The monoisotopic (exact) mass is 364 g/mol. The second-order valence-corrected chi connectivity index (χ2v) is 9.05. The summed E-state index contributed by atoms with van der Waals surface area (Å²) in [5.41, 5.74) is 0.588. The Kier molecular flexibility index (Phi) is 7.60. The number of para-hydroxylation sites is 1. The summed E-state index contributed by atoms with van der Waals surface area (Å²) in [4.78, 5) is 24.9. The molecule has 1 aromatic rings. The highest BCUT2D eigenvalue weighted by Gasteiger charge is 2.22. The average Bonchev–Trinajstić information content (AvgIpc) is 2.50. The molecule has 1 aromatic carbocycles. The van der Waals surface area contributed by atoms with Gasteiger partial charge in [0.05, 0.1) is 10.5 Å². The highest BCUT2D eigenvalue weighted by Crippen LogP contribution is 2.23. The Morgan fingerprint density at radius 3 is 2.00 bits per heavy atom. The van der Waals surface area contributed by atoms with E-state index in [9.17, 15) is 14.9 Å². The lowest BCUT2D eigenvalue weighted by Crippen LogP contribution is -2.36. The molecule has 0 saturated heterocycles. The van der Waals surface area contributed by atoms with Crippen molar-refractivity contribution in [3.8, 4) is 0 Å². The zero-order valence-corrected chi connectivity index (χ0v) is 16.9. The number of benzene rings is 1. The number of amides is 1. The fourth-order valence-corrected chi connectivity index (χ4v) is 2.28. The van der Waals surface area contributed by atoms with E-state index in [4.69, 9.17) is 4.74 Å². The van der Waals surface area contributed by atoms with Crippen LogP contribution in [0.1, 0.15) is 59.9 Å². The normalized spacial score (nSPS) is 11.9. The Labute approximate surface area is 156 Å². The summed E-state index contributed by atoms with van der Waals surface area (Å²) in [6.45, 7) is 13.9. The molecule has 0 N–H and O–H groups in total. The van der Waals surface area contributed by atoms with Crippen molar-refractivity contribution >= 4 is 11.8 Å². The number of carbonyl (C=O) groups is 1. The van der Waals surface area contributed by atoms with Crippen LogP contribution in [0.25, 0.3) is 0 Å². The SMILES string of the molecule is CC(C)(C)CCN(CCC(C)(C)C)C(=O)OCc1ccccc1[N+](=O)[O-]. The van der Waals surface area contributed by atoms with Crippen molar-refractivity contribution in [3.05, 3.63) is 39.9 Å². The third-order valence-corrected chi connectivity index (χ3v) is 4.06. The Morgan fingerprint density at radius 2 is 1.54 bits per heavy atom. The number of carbonyl (C=O) groups excluding carboxylic acids is 1. The van der Waals surface area contributed by atoms with E-state index in [1.807, 2.05) is 0 Å². The first-order chi connectivity index (χ1) is 11.9. The van der Waals surface area contributed by atoms with Crippen LogP contribution in [-0.4, -0.2) is 29.0 Å². The minimum Gasteiger partial charge on any atom is -0.444 e. The number of ether oxygens (including phenoxy) is 1. The number of nitro groups is 1. The van der Waals surface area contributed by atoms with Gasteiger partial charge in [-0.3, -0.25) is 10.1 Å². The molecule has 0 aliphatic carbocycles. The van der Waals surface area contributed by atoms with Crippen LogP contribution in [-0.2, 0) is 11.3 Å². The Hall–Kier alpha value is -2.11. The summed E-state index contributed by atoms with van der Waals surface area (Å²) in [6, 6.07) is 6.33. The van der Waals surface area contributed by atoms with E-state index in [-0.39, 0.29) is 23.1 Å². The van der Waals surface area contributed by atoms with Crippen molar-refractivity contribution in [2.24, 2.45) is 10.8 Å². The smallest absolute Gasteiger partial charge is 0.410 e. The second kappa shape index (κ2) is 9.01. The van der Waals surface area contributed by atoms with E-state index < -0.39 is 11.0 Å². The number of rotatable bonds is 7. The van der Waals surface area contributed by atoms with Crippen molar-refractivity contribution in [2.45, 2.75) is 61.0 Å². The van der Waals surface area contributed by atoms with E-state index in [1.54, 1.807) is 23.1 Å². The molecule has 6 heteroatoms. The molecule has 0 heterocycles. The van der Waals surface area contributed by atoms with Crippen LogP contribution < -0.4 is 0 Å². The number of nitro benzene ring substituents is 1. The van der Waals surface area contributed by atoms with Crippen LogP contribution in [0.3, 0.4) is 0 Å². The fraction of sp³-hybridized carbons (Fsp3) is 0.650. The number of nitrogens with zero attached hydrogens (tertiary/aromatic N) is 2. The van der Waals surface area contributed by atoms with Gasteiger partial charge in [-0.05, 0) is 29.7 Å². The lowest BCUT2D eigenvalue weighted by molar-refractivity contribution is -0.385. The van der Waals surface area contributed by atoms with Crippen LogP contribution in [0.2, 0.25) is 0 Å². The van der Waals surface area contributed by atoms with Crippen LogP contribution in [0.5, 0.6) is 0 Å². The van der Waals surface area contributed by atoms with Gasteiger partial charge in [0.2, 0.25) is 0 Å². The summed E-state index contributed by atoms with van der Waals surface area (Å²) >= 11 is 0. The summed E-state index contributed by atoms with van der Waals surface area (Å²) in [5, 5.41) is 11.1. The van der Waals surface area contributed by atoms with Crippen molar-refractivity contribution in [2.75, 3.05) is 13.1 Å². The van der Waals surface area contributed by atoms with Gasteiger partial charge in [-0.1, -0.05) is 53.7 Å². The van der Waals surface area contributed by atoms with E-state index in [0.29, 0.717) is 18.7 Å². The van der Waals surface area contributed by atoms with Gasteiger partial charge in [0.1, 0.15) is 6.61 Å². The first kappa shape index (κ1) is 21.9. The standard InChI is InChI=1S/C20H32N2O4/c1-19(2,3)11-13-21(14-12-20(4,5)6)18(23)26-15-16-9-7-8-10-17(16)22(24)25/h7-10H,11-15H2,1-6H3. The Morgan fingerprint density at radius 1 is 1.04 bits per heavy atom. The van der Waals surface area contributed by atoms with E-state index >= 15 is 0 Å². The molecule has 0 unspecified atom stereocenters. The van der Waals surface area contributed by atoms with Gasteiger partial charge in [0, 0.05) is 19.2 Å². The first-order valence-electron chi connectivity index (χ1n) is 9.03. The molecule has 0 atom stereocenters. The molecule has 26 heavy (non-hydrogen) atoms. The van der Waals surface area contributed by atoms with E-state index in [2.05, 4.69) is 41.5 Å². The second-order valence-electron chi connectivity index (χ2n) is 9.05. The largest absolute Gasteiger partial charge is 0.444 e. The van der Waals surface area contributed by atoms with Crippen molar-refractivity contribution in [1.82, 2.24) is 4.90 Å². The highest BCUT2D eigenvalue weighted by molar-refractivity contribution is 5.67. The molecular weight excluding hydrogens is 332 g/mol. The van der Waals surface area contributed by atoms with E-state index in [0.717, 1.165) is 12.8 Å². The average molecular weight is 364 g/mol. The summed E-state index contributed by atoms with van der Waals surface area (Å²) < 4.78 is 5.39. The van der Waals surface area contributed by atoms with Gasteiger partial charge in [0.15, 0.2) is 0 Å². The molecule has 0 aliphatic heterocycles. The topological polar surface area (TPSA) is 72.7 Å². The number of hydrogen-bond acceptors (Lipinski definition) is 4. The van der Waals surface area contributed by atoms with Gasteiger partial charge in [-0.15, -0.1) is 0 Å². The molecule has 0 aliphatic rings. The van der Waals surface area contributed by atoms with Gasteiger partial charge in [-0.25, -0.2) is 4.79 Å². The summed E-state index contributed by atoms with van der Waals surface area (Å²) in [7, 11) is 0. The molecular formula is C20H32N2O4. The summed E-state index contributed by atoms with van der Waals surface area (Å²) in [5.74, 6) is 0. The Balaban J connectivity index is 2.76. The fourth-order valence-electron chi connectivity index (χ4n) is 2.28. The van der Waals surface area contributed by atoms with Crippen molar-refractivity contribution in [1.29, 1.82) is 0 Å². The molecule has 0 radical (unpaired) electrons. The lowest BCUT2D eigenvalue weighted by Gasteiger charge is -2.29. The van der Waals surface area contributed by atoms with Crippen LogP contribution in [0.15, 0.2) is 24.3 Å². The maximum Gasteiger partial charge on any atom is 0.410 e. The van der Waals surface area contributed by atoms with Crippen LogP contribution in [0.4, 0.5) is 10.5 Å². The molecule has 0 saturated carbocycles. The molecule has 1 amide bonds. The predicted octanol–water partition coefficient (Wildman–Crippen LogP) is 5.41. The van der Waals surface area contributed by atoms with Gasteiger partial charge in [-0.2, -0.15) is 0 Å². The predicted molar refractivity (Wildman–Crippen MR) is 103 cm³/mol. The van der Waals surface area contributed by atoms with Gasteiger partial charge in [0.25, 0.3) is 5.69 Å². The first-order valence-corrected chi connectivity index (χ1v) is 9.03. The zero-order valence-electron chi connectivity index (χ0n) is 16.9. The minimum atomic E-state index is -0.458. The molecule has 1 rings (SSSR count). The maximum absolute atomic E-state index is 12.6. The van der Waals surface area contributed by atoms with Gasteiger partial charge >= 0.3 is 6.09 Å². The van der Waals surface area contributed by atoms with Crippen LogP contribution in [0, 0.1) is 20.9 Å². The third kappa shape index (κ3) is 8.32. The maximum atomic E-state index is 12.6. The highest BCUT2D eigenvalue weighted by atomic mass is 16.6. The molecule has 146 valence electrons. The van der Waals surface area contributed by atoms with Crippen molar-refractivity contribution in [3.63, 3.8) is 0 Å². The van der Waals surface area contributed by atoms with Crippen LogP contribution >= 0.6 is 0 Å². The van der Waals surface area contributed by atoms with Crippen molar-refractivity contribution < 1.29 is 14.5 Å².